The third kappa shape index (κ3) is 2.75. The van der Waals surface area contributed by atoms with Gasteiger partial charge in [0.1, 0.15) is 0 Å². The average Bonchev–Trinajstić information content (AvgIpc) is 2.86. The summed E-state index contributed by atoms with van der Waals surface area (Å²) in [6.45, 7) is 1.76. The van der Waals surface area contributed by atoms with Crippen LogP contribution in [0.1, 0.15) is 21.7 Å². The van der Waals surface area contributed by atoms with Gasteiger partial charge in [-0.1, -0.05) is 16.8 Å². The number of furan rings is 1. The van der Waals surface area contributed by atoms with Crippen LogP contribution in [-0.4, -0.2) is 17.0 Å². The number of amides is 1. The van der Waals surface area contributed by atoms with E-state index in [-0.39, 0.29) is 11.6 Å². The average molecular weight is 294 g/mol. The molecule has 0 unspecified atom stereocenters. The molecule has 0 bridgehead atoms. The van der Waals surface area contributed by atoms with E-state index in [1.54, 1.807) is 25.1 Å². The predicted octanol–water partition coefficient (Wildman–Crippen LogP) is 2.59. The summed E-state index contributed by atoms with van der Waals surface area (Å²) >= 11 is 6.00. The third-order valence-electron chi connectivity index (χ3n) is 2.69. The van der Waals surface area contributed by atoms with E-state index in [4.69, 9.17) is 27.0 Å². The van der Waals surface area contributed by atoms with Crippen molar-refractivity contribution in [1.82, 2.24) is 0 Å². The van der Waals surface area contributed by atoms with Gasteiger partial charge in [0.2, 0.25) is 0 Å². The topological polar surface area (TPSA) is 101 Å². The van der Waals surface area contributed by atoms with Crippen molar-refractivity contribution < 1.29 is 14.4 Å². The lowest BCUT2D eigenvalue weighted by Gasteiger charge is -2.08. The zero-order valence-electron chi connectivity index (χ0n) is 10.6. The standard InChI is InChI=1S/C13H12ClN3O3/c1-7-4-5-20-11(7)13(18)16-10-6-8(12(15)17-19)2-3-9(10)14/h2-6,19H,1H3,(H2,15,17)(H,16,18). The number of oxime groups is 1. The van der Waals surface area contributed by atoms with Crippen molar-refractivity contribution in [2.45, 2.75) is 6.92 Å². The molecule has 0 saturated carbocycles. The molecule has 0 atom stereocenters. The summed E-state index contributed by atoms with van der Waals surface area (Å²) in [7, 11) is 0. The van der Waals surface area contributed by atoms with Gasteiger partial charge in [-0.15, -0.1) is 0 Å². The Bertz CT molecular complexity index is 679. The van der Waals surface area contributed by atoms with Gasteiger partial charge in [0.05, 0.1) is 17.0 Å². The number of carbonyl (C=O) groups is 1. The lowest BCUT2D eigenvalue weighted by atomic mass is 10.2. The minimum atomic E-state index is -0.425. The van der Waals surface area contributed by atoms with E-state index >= 15 is 0 Å². The Labute approximate surface area is 119 Å². The number of hydrogen-bond acceptors (Lipinski definition) is 4. The van der Waals surface area contributed by atoms with Crippen molar-refractivity contribution in [3.8, 4) is 0 Å². The lowest BCUT2D eigenvalue weighted by molar-refractivity contribution is 0.0996. The summed E-state index contributed by atoms with van der Waals surface area (Å²) in [6.07, 6.45) is 1.43. The molecule has 0 saturated heterocycles. The molecule has 7 heteroatoms. The highest BCUT2D eigenvalue weighted by Crippen LogP contribution is 2.24. The maximum atomic E-state index is 12.0. The van der Waals surface area contributed by atoms with Crippen LogP contribution in [0.3, 0.4) is 0 Å². The van der Waals surface area contributed by atoms with E-state index in [9.17, 15) is 4.79 Å². The molecule has 0 aliphatic rings. The van der Waals surface area contributed by atoms with E-state index in [0.717, 1.165) is 0 Å². The number of amidine groups is 1. The Balaban J connectivity index is 2.29. The Hall–Kier alpha value is -2.47. The molecule has 0 fully saturated rings. The second-order valence-electron chi connectivity index (χ2n) is 4.07. The molecule has 0 aliphatic heterocycles. The molecule has 0 aliphatic carbocycles. The van der Waals surface area contributed by atoms with Crippen LogP contribution in [0.2, 0.25) is 5.02 Å². The number of halogens is 1. The number of hydrogen-bond donors (Lipinski definition) is 3. The molecule has 20 heavy (non-hydrogen) atoms. The first kappa shape index (κ1) is 14.0. The highest BCUT2D eigenvalue weighted by atomic mass is 35.5. The molecule has 1 heterocycles. The van der Waals surface area contributed by atoms with Gasteiger partial charge in [0.15, 0.2) is 11.6 Å². The summed E-state index contributed by atoms with van der Waals surface area (Å²) in [5.74, 6) is -0.298. The van der Waals surface area contributed by atoms with Crippen molar-refractivity contribution in [1.29, 1.82) is 0 Å². The van der Waals surface area contributed by atoms with Crippen LogP contribution in [0.4, 0.5) is 5.69 Å². The van der Waals surface area contributed by atoms with Gasteiger partial charge in [0.25, 0.3) is 5.91 Å². The number of aryl methyl sites for hydroxylation is 1. The largest absolute Gasteiger partial charge is 0.459 e. The van der Waals surface area contributed by atoms with Gasteiger partial charge >= 0.3 is 0 Å². The number of nitrogens with two attached hydrogens (primary N) is 1. The van der Waals surface area contributed by atoms with E-state index < -0.39 is 5.91 Å². The Kier molecular flexibility index (Phi) is 3.95. The molecule has 0 spiro atoms. The van der Waals surface area contributed by atoms with Gasteiger partial charge in [-0.2, -0.15) is 0 Å². The van der Waals surface area contributed by atoms with Crippen molar-refractivity contribution in [3.63, 3.8) is 0 Å². The summed E-state index contributed by atoms with van der Waals surface area (Å²) in [5.41, 5.74) is 6.98. The maximum Gasteiger partial charge on any atom is 0.291 e. The molecule has 6 nitrogen and oxygen atoms in total. The van der Waals surface area contributed by atoms with E-state index in [0.29, 0.717) is 21.8 Å². The molecule has 2 rings (SSSR count). The van der Waals surface area contributed by atoms with Gasteiger partial charge in [-0.25, -0.2) is 0 Å². The first-order valence-electron chi connectivity index (χ1n) is 5.66. The SMILES string of the molecule is Cc1ccoc1C(=O)Nc1cc(/C(N)=N/O)ccc1Cl. The summed E-state index contributed by atoms with van der Waals surface area (Å²) in [6, 6.07) is 6.31. The minimum Gasteiger partial charge on any atom is -0.459 e. The van der Waals surface area contributed by atoms with Crippen LogP contribution in [-0.2, 0) is 0 Å². The number of benzene rings is 1. The monoisotopic (exact) mass is 293 g/mol. The fraction of sp³-hybridized carbons (Fsp3) is 0.0769. The normalized spacial score (nSPS) is 11.4. The zero-order chi connectivity index (χ0) is 14.7. The molecular weight excluding hydrogens is 282 g/mol. The quantitative estimate of drug-likeness (QED) is 0.350. The van der Waals surface area contributed by atoms with Crippen LogP contribution in [0, 0.1) is 6.92 Å². The van der Waals surface area contributed by atoms with Crippen molar-refractivity contribution >= 4 is 29.0 Å². The third-order valence-corrected chi connectivity index (χ3v) is 3.02. The van der Waals surface area contributed by atoms with Gasteiger partial charge in [0, 0.05) is 11.1 Å². The number of nitrogens with one attached hydrogen (secondary N) is 1. The van der Waals surface area contributed by atoms with Crippen LogP contribution in [0.15, 0.2) is 40.1 Å². The molecule has 2 aromatic rings. The second-order valence-corrected chi connectivity index (χ2v) is 4.47. The lowest BCUT2D eigenvalue weighted by Crippen LogP contribution is -2.16. The van der Waals surface area contributed by atoms with Crippen molar-refractivity contribution in [3.05, 3.63) is 52.4 Å². The number of nitrogens with zero attached hydrogens (tertiary/aromatic N) is 1. The zero-order valence-corrected chi connectivity index (χ0v) is 11.3. The van der Waals surface area contributed by atoms with E-state index in [1.807, 2.05) is 0 Å². The van der Waals surface area contributed by atoms with Crippen LogP contribution >= 0.6 is 11.6 Å². The minimum absolute atomic E-state index is 0.0775. The smallest absolute Gasteiger partial charge is 0.291 e. The summed E-state index contributed by atoms with van der Waals surface area (Å²) < 4.78 is 5.09. The number of anilines is 1. The number of carbonyl (C=O) groups excluding carboxylic acids is 1. The predicted molar refractivity (Wildman–Crippen MR) is 75.4 cm³/mol. The molecule has 1 amide bonds. The van der Waals surface area contributed by atoms with Crippen LogP contribution < -0.4 is 11.1 Å². The number of rotatable bonds is 3. The van der Waals surface area contributed by atoms with E-state index in [1.165, 1.54) is 12.3 Å². The molecule has 1 aromatic carbocycles. The van der Waals surface area contributed by atoms with Gasteiger partial charge in [-0.3, -0.25) is 4.79 Å². The van der Waals surface area contributed by atoms with Crippen LogP contribution in [0.5, 0.6) is 0 Å². The highest BCUT2D eigenvalue weighted by molar-refractivity contribution is 6.34. The van der Waals surface area contributed by atoms with Gasteiger partial charge < -0.3 is 20.7 Å². The van der Waals surface area contributed by atoms with Crippen LogP contribution in [0.25, 0.3) is 0 Å². The Morgan fingerprint density at radius 2 is 2.20 bits per heavy atom. The molecule has 0 radical (unpaired) electrons. The first-order valence-corrected chi connectivity index (χ1v) is 6.03. The highest BCUT2D eigenvalue weighted by Gasteiger charge is 2.15. The molecule has 4 N–H and O–H groups in total. The maximum absolute atomic E-state index is 12.0. The molecule has 104 valence electrons. The van der Waals surface area contributed by atoms with E-state index in [2.05, 4.69) is 10.5 Å². The molecule has 1 aromatic heterocycles. The summed E-state index contributed by atoms with van der Waals surface area (Å²) in [4.78, 5) is 12.0. The Morgan fingerprint density at radius 3 is 2.80 bits per heavy atom. The fourth-order valence-electron chi connectivity index (χ4n) is 1.62. The molecular formula is C13H12ClN3O3. The fourth-order valence-corrected chi connectivity index (χ4v) is 1.79. The summed E-state index contributed by atoms with van der Waals surface area (Å²) in [5, 5.41) is 14.5. The van der Waals surface area contributed by atoms with Gasteiger partial charge in [-0.05, 0) is 31.2 Å². The Morgan fingerprint density at radius 1 is 1.45 bits per heavy atom. The second kappa shape index (κ2) is 5.66. The first-order chi connectivity index (χ1) is 9.52. The van der Waals surface area contributed by atoms with Crippen molar-refractivity contribution in [2.24, 2.45) is 10.9 Å². The van der Waals surface area contributed by atoms with Crippen molar-refractivity contribution in [2.75, 3.05) is 5.32 Å².